The molecule has 9 rings (SSSR count). The zero-order chi connectivity index (χ0) is 33.2. The molecule has 0 N–H and O–H groups in total. The van der Waals surface area contributed by atoms with Gasteiger partial charge in [0, 0.05) is 10.8 Å². The lowest BCUT2D eigenvalue weighted by atomic mass is 9.85. The fourth-order valence-corrected chi connectivity index (χ4v) is 6.77. The molecule has 9 aromatic rings. The maximum atomic E-state index is 9.73. The van der Waals surface area contributed by atoms with Crippen molar-refractivity contribution >= 4 is 43.5 Å². The van der Waals surface area contributed by atoms with Gasteiger partial charge in [-0.25, -0.2) is 0 Å². The predicted molar refractivity (Wildman–Crippen MR) is 190 cm³/mol. The Kier molecular flexibility index (Phi) is 5.00. The fraction of sp³-hybridized carbons (Fsp3) is 0. The van der Waals surface area contributed by atoms with Gasteiger partial charge in [0.05, 0.1) is 5.48 Å². The molecule has 0 aliphatic rings. The molecule has 8 aromatic carbocycles. The summed E-state index contributed by atoms with van der Waals surface area (Å²) < 4.78 is 43.4. The topological polar surface area (TPSA) is 13.1 Å². The largest absolute Gasteiger partial charge is 0.456 e. The lowest BCUT2D eigenvalue weighted by molar-refractivity contribution is 0.669. The highest BCUT2D eigenvalue weighted by Crippen LogP contribution is 2.44. The van der Waals surface area contributed by atoms with E-state index in [0.29, 0.717) is 22.3 Å². The first-order valence-corrected chi connectivity index (χ1v) is 15.1. The van der Waals surface area contributed by atoms with E-state index in [1.807, 2.05) is 103 Å². The molecule has 210 valence electrons. The molecule has 1 heteroatoms. The number of benzene rings is 8. The molecule has 1 heterocycles. The van der Waals surface area contributed by atoms with Gasteiger partial charge in [0.1, 0.15) is 11.2 Å². The van der Waals surface area contributed by atoms with Crippen LogP contribution in [0.1, 0.15) is 5.48 Å². The Morgan fingerprint density at radius 2 is 0.978 bits per heavy atom. The lowest BCUT2D eigenvalue weighted by Crippen LogP contribution is -1.91. The van der Waals surface area contributed by atoms with E-state index in [0.717, 1.165) is 65.7 Å². The van der Waals surface area contributed by atoms with Gasteiger partial charge in [-0.05, 0) is 90.3 Å². The lowest BCUT2D eigenvalue weighted by Gasteiger charge is -2.18. The van der Waals surface area contributed by atoms with E-state index in [1.54, 1.807) is 0 Å². The van der Waals surface area contributed by atoms with Crippen molar-refractivity contribution in [2.75, 3.05) is 0 Å². The summed E-state index contributed by atoms with van der Waals surface area (Å²) in [5.74, 6) is 0. The van der Waals surface area contributed by atoms with Crippen molar-refractivity contribution in [2.24, 2.45) is 0 Å². The Morgan fingerprint density at radius 1 is 0.400 bits per heavy atom. The van der Waals surface area contributed by atoms with Crippen molar-refractivity contribution in [1.29, 1.82) is 0 Å². The van der Waals surface area contributed by atoms with Crippen molar-refractivity contribution in [1.82, 2.24) is 0 Å². The van der Waals surface area contributed by atoms with Crippen LogP contribution < -0.4 is 0 Å². The highest BCUT2D eigenvalue weighted by atomic mass is 16.3. The van der Waals surface area contributed by atoms with Crippen LogP contribution in [0.3, 0.4) is 0 Å². The first kappa shape index (κ1) is 21.7. The molecule has 0 atom stereocenters. The molecule has 1 aromatic heterocycles. The quantitative estimate of drug-likeness (QED) is 0.190. The van der Waals surface area contributed by atoms with Crippen molar-refractivity contribution in [3.8, 4) is 44.5 Å². The van der Waals surface area contributed by atoms with Gasteiger partial charge >= 0.3 is 0 Å². The van der Waals surface area contributed by atoms with Crippen molar-refractivity contribution in [3.63, 3.8) is 0 Å². The molecule has 45 heavy (non-hydrogen) atoms. The zero-order valence-electron chi connectivity index (χ0n) is 28.3. The molecule has 0 amide bonds. The van der Waals surface area contributed by atoms with E-state index in [9.17, 15) is 2.74 Å². The van der Waals surface area contributed by atoms with Gasteiger partial charge in [-0.1, -0.05) is 146 Å². The third-order valence-corrected chi connectivity index (χ3v) is 8.74. The van der Waals surface area contributed by atoms with E-state index in [4.69, 9.17) is 7.16 Å². The Labute approximate surface area is 267 Å². The second-order valence-electron chi connectivity index (χ2n) is 11.3. The Balaban J connectivity index is 1.35. The summed E-state index contributed by atoms with van der Waals surface area (Å²) in [6, 6.07) is 48.0. The number of rotatable bonds is 4. The second-order valence-corrected chi connectivity index (χ2v) is 11.3. The Hall–Kier alpha value is -5.92. The Bertz CT molecular complexity index is 2690. The zero-order valence-corrected chi connectivity index (χ0v) is 24.3. The molecule has 0 aliphatic heterocycles. The van der Waals surface area contributed by atoms with Crippen LogP contribution in [0, 0.1) is 0 Å². The number of hydrogen-bond donors (Lipinski definition) is 0. The molecule has 0 radical (unpaired) electrons. The maximum Gasteiger partial charge on any atom is 0.136 e. The van der Waals surface area contributed by atoms with Gasteiger partial charge in [-0.3, -0.25) is 0 Å². The molecule has 0 saturated heterocycles. The van der Waals surface area contributed by atoms with E-state index in [1.165, 1.54) is 0 Å². The van der Waals surface area contributed by atoms with Crippen LogP contribution in [0.4, 0.5) is 0 Å². The minimum absolute atomic E-state index is 0.0594. The molecule has 1 nitrogen and oxygen atoms in total. The van der Waals surface area contributed by atoms with Crippen molar-refractivity contribution in [3.05, 3.63) is 170 Å². The van der Waals surface area contributed by atoms with Gasteiger partial charge in [0.25, 0.3) is 0 Å². The standard InChI is InChI=1S/C44H28O/c1-3-13-29(14-4-1)34-23-12-24-41-44(34)39-28-32(25-26-40(39)45-41)31-17-11-18-33(27-31)43-37-21-9-7-19-35(37)42(30-15-5-2-6-16-30)36-20-8-10-22-38(36)43/h1-28H/i11D,17D,18D,27D. The van der Waals surface area contributed by atoms with E-state index in [-0.39, 0.29) is 24.2 Å². The fourth-order valence-electron chi connectivity index (χ4n) is 6.77. The van der Waals surface area contributed by atoms with E-state index >= 15 is 0 Å². The van der Waals surface area contributed by atoms with Gasteiger partial charge in [0.15, 0.2) is 0 Å². The Morgan fingerprint density at radius 3 is 1.64 bits per heavy atom. The van der Waals surface area contributed by atoms with Crippen LogP contribution in [0.25, 0.3) is 88.0 Å². The SMILES string of the molecule is [2H]c1c([2H])c(-c2ccc3oc4cccc(-c5ccccc5)c4c3c2)c([2H])c(-c2c3ccccc3c(-c3ccccc3)c3ccccc23)c1[2H]. The van der Waals surface area contributed by atoms with E-state index < -0.39 is 0 Å². The van der Waals surface area contributed by atoms with Gasteiger partial charge in [0.2, 0.25) is 0 Å². The molecule has 0 spiro atoms. The van der Waals surface area contributed by atoms with Crippen molar-refractivity contribution < 1.29 is 9.90 Å². The highest BCUT2D eigenvalue weighted by Gasteiger charge is 2.17. The minimum Gasteiger partial charge on any atom is -0.456 e. The summed E-state index contributed by atoms with van der Waals surface area (Å²) in [6.45, 7) is 0. The number of furan rings is 1. The summed E-state index contributed by atoms with van der Waals surface area (Å²) in [5.41, 5.74) is 7.77. The molecule has 0 saturated carbocycles. The first-order valence-electron chi connectivity index (χ1n) is 17.1. The van der Waals surface area contributed by atoms with Crippen LogP contribution in [0.5, 0.6) is 0 Å². The molecule has 0 aliphatic carbocycles. The summed E-state index contributed by atoms with van der Waals surface area (Å²) in [5, 5.41) is 5.63. The maximum absolute atomic E-state index is 9.73. The monoisotopic (exact) mass is 576 g/mol. The van der Waals surface area contributed by atoms with Crippen LogP contribution in [-0.2, 0) is 0 Å². The molecular weight excluding hydrogens is 544 g/mol. The molecule has 0 bridgehead atoms. The number of hydrogen-bond acceptors (Lipinski definition) is 1. The molecule has 0 fully saturated rings. The van der Waals surface area contributed by atoms with Crippen molar-refractivity contribution in [2.45, 2.75) is 0 Å². The molecular formula is C44H28O. The van der Waals surface area contributed by atoms with Gasteiger partial charge < -0.3 is 4.42 Å². The highest BCUT2D eigenvalue weighted by molar-refractivity contribution is 6.21. The second kappa shape index (κ2) is 10.4. The summed E-state index contributed by atoms with van der Waals surface area (Å²) in [4.78, 5) is 0. The summed E-state index contributed by atoms with van der Waals surface area (Å²) >= 11 is 0. The van der Waals surface area contributed by atoms with E-state index in [2.05, 4.69) is 42.5 Å². The number of fused-ring (bicyclic) bond motifs is 5. The summed E-state index contributed by atoms with van der Waals surface area (Å²) in [7, 11) is 0. The third-order valence-electron chi connectivity index (χ3n) is 8.74. The smallest absolute Gasteiger partial charge is 0.136 e. The molecule has 0 unspecified atom stereocenters. The van der Waals surface area contributed by atoms with Gasteiger partial charge in [-0.15, -0.1) is 0 Å². The van der Waals surface area contributed by atoms with Crippen LogP contribution in [0.2, 0.25) is 0 Å². The predicted octanol–water partition coefficient (Wildman–Crippen LogP) is 12.6. The minimum atomic E-state index is -0.205. The van der Waals surface area contributed by atoms with Crippen LogP contribution in [-0.4, -0.2) is 0 Å². The average Bonchev–Trinajstić information content (AvgIpc) is 3.53. The average molecular weight is 577 g/mol. The summed E-state index contributed by atoms with van der Waals surface area (Å²) in [6.07, 6.45) is 0. The van der Waals surface area contributed by atoms with Gasteiger partial charge in [-0.2, -0.15) is 0 Å². The third kappa shape index (κ3) is 4.17. The van der Waals surface area contributed by atoms with Crippen LogP contribution >= 0.6 is 0 Å². The van der Waals surface area contributed by atoms with Crippen LogP contribution in [0.15, 0.2) is 174 Å². The normalized spacial score (nSPS) is 12.8. The first-order chi connectivity index (χ1) is 24.0.